The largest absolute Gasteiger partial charge is 0.480 e. The molecular weight excluding hydrogens is 368 g/mol. The van der Waals surface area contributed by atoms with E-state index in [-0.39, 0.29) is 35.7 Å². The maximum Gasteiger partial charge on any atom is 0.326 e. The first-order valence-corrected chi connectivity index (χ1v) is 10.7. The van der Waals surface area contributed by atoms with Crippen molar-refractivity contribution in [2.24, 2.45) is 11.8 Å². The van der Waals surface area contributed by atoms with Crippen molar-refractivity contribution in [2.45, 2.75) is 51.0 Å². The molecule has 1 aliphatic rings. The van der Waals surface area contributed by atoms with E-state index < -0.39 is 22.0 Å². The van der Waals surface area contributed by atoms with Crippen LogP contribution in [0.2, 0.25) is 0 Å². The number of sulfonamides is 1. The standard InChI is InChI=1S/C19H28N2O5S/c1-4-14(3)17(19(23)24)20-18(22)15-9-11-21(12-10-15)27(25,26)16-7-5-13(2)6-8-16/h5-8,14-15,17H,4,9-12H2,1-3H3,(H,20,22)(H,23,24)/t14-,17+/m0/s1. The number of carbonyl (C=O) groups is 2. The molecule has 7 nitrogen and oxygen atoms in total. The van der Waals surface area contributed by atoms with Gasteiger partial charge in [0.25, 0.3) is 0 Å². The molecule has 1 aliphatic heterocycles. The van der Waals surface area contributed by atoms with Crippen molar-refractivity contribution in [1.82, 2.24) is 9.62 Å². The first-order chi connectivity index (χ1) is 12.7. The summed E-state index contributed by atoms with van der Waals surface area (Å²) in [5.74, 6) is -1.90. The number of nitrogens with one attached hydrogen (secondary N) is 1. The van der Waals surface area contributed by atoms with E-state index in [4.69, 9.17) is 0 Å². The molecule has 27 heavy (non-hydrogen) atoms. The SMILES string of the molecule is CC[C@H](C)[C@@H](NC(=O)C1CCN(S(=O)(=O)c2ccc(C)cc2)CC1)C(=O)O. The summed E-state index contributed by atoms with van der Waals surface area (Å²) in [6.07, 6.45) is 1.40. The molecule has 8 heteroatoms. The highest BCUT2D eigenvalue weighted by atomic mass is 32.2. The Hall–Kier alpha value is -1.93. The van der Waals surface area contributed by atoms with Crippen LogP contribution in [-0.2, 0) is 19.6 Å². The summed E-state index contributed by atoms with van der Waals surface area (Å²) in [4.78, 5) is 24.1. The van der Waals surface area contributed by atoms with Gasteiger partial charge in [-0.05, 0) is 37.8 Å². The molecule has 0 bridgehead atoms. The summed E-state index contributed by atoms with van der Waals surface area (Å²) < 4.78 is 26.8. The maximum atomic E-state index is 12.7. The fourth-order valence-electron chi connectivity index (χ4n) is 3.17. The molecule has 1 fully saturated rings. The molecule has 1 heterocycles. The van der Waals surface area contributed by atoms with Crippen LogP contribution in [-0.4, -0.2) is 48.8 Å². The molecule has 2 N–H and O–H groups in total. The van der Waals surface area contributed by atoms with Crippen LogP contribution in [0.1, 0.15) is 38.7 Å². The van der Waals surface area contributed by atoms with Crippen LogP contribution < -0.4 is 5.32 Å². The molecule has 0 aliphatic carbocycles. The molecule has 150 valence electrons. The molecule has 0 unspecified atom stereocenters. The van der Waals surface area contributed by atoms with Crippen LogP contribution >= 0.6 is 0 Å². The third kappa shape index (κ3) is 5.07. The van der Waals surface area contributed by atoms with Gasteiger partial charge in [0, 0.05) is 19.0 Å². The number of benzene rings is 1. The van der Waals surface area contributed by atoms with Gasteiger partial charge in [-0.2, -0.15) is 4.31 Å². The van der Waals surface area contributed by atoms with Gasteiger partial charge in [0.1, 0.15) is 6.04 Å². The minimum Gasteiger partial charge on any atom is -0.480 e. The van der Waals surface area contributed by atoms with Gasteiger partial charge in [-0.3, -0.25) is 4.79 Å². The van der Waals surface area contributed by atoms with Crippen molar-refractivity contribution >= 4 is 21.9 Å². The van der Waals surface area contributed by atoms with E-state index in [0.29, 0.717) is 19.3 Å². The normalized spacial score (nSPS) is 18.6. The van der Waals surface area contributed by atoms with Gasteiger partial charge in [-0.15, -0.1) is 0 Å². The third-order valence-corrected chi connectivity index (χ3v) is 7.17. The first kappa shape index (κ1) is 21.4. The molecular formula is C19H28N2O5S. The number of aryl methyl sites for hydroxylation is 1. The molecule has 1 saturated heterocycles. The Balaban J connectivity index is 1.99. The quantitative estimate of drug-likeness (QED) is 0.734. The molecule has 1 amide bonds. The highest BCUT2D eigenvalue weighted by molar-refractivity contribution is 7.89. The second-order valence-electron chi connectivity index (χ2n) is 7.20. The second-order valence-corrected chi connectivity index (χ2v) is 9.14. The summed E-state index contributed by atoms with van der Waals surface area (Å²) in [7, 11) is -3.57. The van der Waals surface area contributed by atoms with Crippen molar-refractivity contribution < 1.29 is 23.1 Å². The van der Waals surface area contributed by atoms with E-state index in [1.54, 1.807) is 31.2 Å². The number of hydrogen-bond donors (Lipinski definition) is 2. The van der Waals surface area contributed by atoms with E-state index in [1.807, 2.05) is 13.8 Å². The van der Waals surface area contributed by atoms with Crippen molar-refractivity contribution in [3.05, 3.63) is 29.8 Å². The minimum absolute atomic E-state index is 0.173. The Kier molecular flexibility index (Phi) is 7.00. The van der Waals surface area contributed by atoms with Crippen LogP contribution in [0.4, 0.5) is 0 Å². The Bertz CT molecular complexity index is 768. The minimum atomic E-state index is -3.57. The van der Waals surface area contributed by atoms with Crippen LogP contribution in [0.5, 0.6) is 0 Å². The number of amides is 1. The molecule has 2 rings (SSSR count). The lowest BCUT2D eigenvalue weighted by molar-refractivity contribution is -0.144. The maximum absolute atomic E-state index is 12.7. The molecule has 1 aromatic rings. The second kappa shape index (κ2) is 8.84. The number of nitrogens with zero attached hydrogens (tertiary/aromatic N) is 1. The lowest BCUT2D eigenvalue weighted by Crippen LogP contribution is -2.49. The summed E-state index contributed by atoms with van der Waals surface area (Å²) in [5.41, 5.74) is 0.985. The molecule has 0 radical (unpaired) electrons. The average Bonchev–Trinajstić information content (AvgIpc) is 2.65. The van der Waals surface area contributed by atoms with Crippen LogP contribution in [0, 0.1) is 18.8 Å². The van der Waals surface area contributed by atoms with Gasteiger partial charge in [0.05, 0.1) is 4.90 Å². The Morgan fingerprint density at radius 3 is 2.26 bits per heavy atom. The number of carboxylic acid groups (broad SMARTS) is 1. The number of rotatable bonds is 7. The Morgan fingerprint density at radius 2 is 1.78 bits per heavy atom. The fraction of sp³-hybridized carbons (Fsp3) is 0.579. The van der Waals surface area contributed by atoms with E-state index in [9.17, 15) is 23.1 Å². The summed E-state index contributed by atoms with van der Waals surface area (Å²) in [6, 6.07) is 5.78. The monoisotopic (exact) mass is 396 g/mol. The smallest absolute Gasteiger partial charge is 0.326 e. The number of aliphatic carboxylic acids is 1. The van der Waals surface area contributed by atoms with E-state index >= 15 is 0 Å². The molecule has 1 aromatic carbocycles. The zero-order valence-electron chi connectivity index (χ0n) is 16.0. The van der Waals surface area contributed by atoms with Crippen molar-refractivity contribution in [2.75, 3.05) is 13.1 Å². The summed E-state index contributed by atoms with van der Waals surface area (Å²) in [6.45, 7) is 6.05. The van der Waals surface area contributed by atoms with Gasteiger partial charge in [0.15, 0.2) is 0 Å². The van der Waals surface area contributed by atoms with Crippen LogP contribution in [0.25, 0.3) is 0 Å². The van der Waals surface area contributed by atoms with Crippen LogP contribution in [0.3, 0.4) is 0 Å². The Labute approximate surface area is 160 Å². The van der Waals surface area contributed by atoms with Crippen molar-refractivity contribution in [1.29, 1.82) is 0 Å². The zero-order chi connectivity index (χ0) is 20.2. The summed E-state index contributed by atoms with van der Waals surface area (Å²) in [5, 5.41) is 11.9. The predicted molar refractivity (Wildman–Crippen MR) is 102 cm³/mol. The molecule has 0 saturated carbocycles. The third-order valence-electron chi connectivity index (χ3n) is 5.26. The number of carboxylic acids is 1. The fourth-order valence-corrected chi connectivity index (χ4v) is 4.64. The van der Waals surface area contributed by atoms with Gasteiger partial charge in [-0.1, -0.05) is 38.0 Å². The van der Waals surface area contributed by atoms with Gasteiger partial charge < -0.3 is 10.4 Å². The van der Waals surface area contributed by atoms with Gasteiger partial charge >= 0.3 is 5.97 Å². The van der Waals surface area contributed by atoms with Gasteiger partial charge in [-0.25, -0.2) is 13.2 Å². The van der Waals surface area contributed by atoms with E-state index in [1.165, 1.54) is 4.31 Å². The topological polar surface area (TPSA) is 104 Å². The van der Waals surface area contributed by atoms with E-state index in [0.717, 1.165) is 5.56 Å². The molecule has 2 atom stereocenters. The Morgan fingerprint density at radius 1 is 1.22 bits per heavy atom. The molecule has 0 aromatic heterocycles. The summed E-state index contributed by atoms with van der Waals surface area (Å²) >= 11 is 0. The number of piperidine rings is 1. The number of carbonyl (C=O) groups excluding carboxylic acids is 1. The van der Waals surface area contributed by atoms with E-state index in [2.05, 4.69) is 5.32 Å². The highest BCUT2D eigenvalue weighted by Gasteiger charge is 2.34. The van der Waals surface area contributed by atoms with Crippen molar-refractivity contribution in [3.8, 4) is 0 Å². The lowest BCUT2D eigenvalue weighted by atomic mass is 9.94. The average molecular weight is 397 g/mol. The first-order valence-electron chi connectivity index (χ1n) is 9.26. The van der Waals surface area contributed by atoms with Gasteiger partial charge in [0.2, 0.25) is 15.9 Å². The molecule has 0 spiro atoms. The van der Waals surface area contributed by atoms with Crippen molar-refractivity contribution in [3.63, 3.8) is 0 Å². The lowest BCUT2D eigenvalue weighted by Gasteiger charge is -2.31. The van der Waals surface area contributed by atoms with Crippen LogP contribution in [0.15, 0.2) is 29.2 Å². The number of hydrogen-bond acceptors (Lipinski definition) is 4. The zero-order valence-corrected chi connectivity index (χ0v) is 16.8. The highest BCUT2D eigenvalue weighted by Crippen LogP contribution is 2.24. The predicted octanol–water partition coefficient (Wildman–Crippen LogP) is 2.01.